The molecule has 1 aromatic rings. The van der Waals surface area contributed by atoms with Crippen LogP contribution in [0.5, 0.6) is 5.75 Å². The molecule has 0 atom stereocenters. The molecule has 4 nitrogen and oxygen atoms in total. The number of benzene rings is 1. The van der Waals surface area contributed by atoms with Crippen molar-refractivity contribution in [3.05, 3.63) is 41.2 Å². The maximum atomic E-state index is 10.6. The lowest BCUT2D eigenvalue weighted by atomic mass is 10.2. The molecular formula is C10H6ClNO3. The number of aliphatic imine (C=N–C) groups is 1. The normalized spacial score (nSPS) is 13.7. The lowest BCUT2D eigenvalue weighted by Crippen LogP contribution is -2.23. The number of aliphatic carboxylic acids is 1. The maximum Gasteiger partial charge on any atom is 0.358 e. The summed E-state index contributed by atoms with van der Waals surface area (Å²) in [7, 11) is 0. The zero-order valence-corrected chi connectivity index (χ0v) is 8.23. The van der Waals surface area contributed by atoms with Crippen LogP contribution in [0.3, 0.4) is 0 Å². The molecule has 76 valence electrons. The Hall–Kier alpha value is -1.81. The molecular weight excluding hydrogens is 218 g/mol. The van der Waals surface area contributed by atoms with Gasteiger partial charge < -0.3 is 9.84 Å². The van der Waals surface area contributed by atoms with Gasteiger partial charge in [0.15, 0.2) is 11.5 Å². The monoisotopic (exact) mass is 223 g/mol. The Morgan fingerprint density at radius 2 is 2.00 bits per heavy atom. The number of ether oxygens (including phenoxy) is 1. The Kier molecular flexibility index (Phi) is 2.43. The van der Waals surface area contributed by atoms with Crippen LogP contribution in [0, 0.1) is 0 Å². The summed E-state index contributed by atoms with van der Waals surface area (Å²) in [5, 5.41) is 9.25. The van der Waals surface area contributed by atoms with Gasteiger partial charge in [-0.3, -0.25) is 0 Å². The van der Waals surface area contributed by atoms with Crippen molar-refractivity contribution >= 4 is 23.3 Å². The number of hydrogen-bond acceptors (Lipinski definition) is 3. The fourth-order valence-corrected chi connectivity index (χ4v) is 1.17. The SMILES string of the molecule is O=C(O)C1=NC=C1Oc1ccc(Cl)cc1. The van der Waals surface area contributed by atoms with Crippen LogP contribution >= 0.6 is 11.6 Å². The summed E-state index contributed by atoms with van der Waals surface area (Å²) in [6, 6.07) is 6.63. The van der Waals surface area contributed by atoms with Gasteiger partial charge in [-0.25, -0.2) is 9.79 Å². The van der Waals surface area contributed by atoms with Gasteiger partial charge in [0.05, 0.1) is 6.20 Å². The van der Waals surface area contributed by atoms with E-state index < -0.39 is 5.97 Å². The van der Waals surface area contributed by atoms with Crippen LogP contribution in [-0.2, 0) is 4.79 Å². The van der Waals surface area contributed by atoms with E-state index in [1.807, 2.05) is 0 Å². The third kappa shape index (κ3) is 1.99. The number of hydrogen-bond donors (Lipinski definition) is 1. The molecule has 15 heavy (non-hydrogen) atoms. The molecule has 0 fully saturated rings. The highest BCUT2D eigenvalue weighted by Gasteiger charge is 2.23. The maximum absolute atomic E-state index is 10.6. The van der Waals surface area contributed by atoms with Crippen molar-refractivity contribution in [1.29, 1.82) is 0 Å². The summed E-state index contributed by atoms with van der Waals surface area (Å²) in [5.41, 5.74) is -0.0649. The zero-order valence-electron chi connectivity index (χ0n) is 7.48. The first kappa shape index (κ1) is 9.73. The molecule has 1 aliphatic heterocycles. The Morgan fingerprint density at radius 3 is 2.47 bits per heavy atom. The van der Waals surface area contributed by atoms with Gasteiger partial charge in [0, 0.05) is 5.02 Å². The zero-order chi connectivity index (χ0) is 10.8. The molecule has 1 N–H and O–H groups in total. The lowest BCUT2D eigenvalue weighted by Gasteiger charge is -2.13. The summed E-state index contributed by atoms with van der Waals surface area (Å²) in [4.78, 5) is 14.1. The minimum atomic E-state index is -1.10. The van der Waals surface area contributed by atoms with E-state index in [1.54, 1.807) is 24.3 Å². The van der Waals surface area contributed by atoms with Crippen LogP contribution in [0.4, 0.5) is 0 Å². The predicted octanol–water partition coefficient (Wildman–Crippen LogP) is 2.10. The number of nitrogens with zero attached hydrogens (tertiary/aromatic N) is 1. The molecule has 0 amide bonds. The highest BCUT2D eigenvalue weighted by molar-refractivity contribution is 6.43. The number of carboxylic acid groups (broad SMARTS) is 1. The van der Waals surface area contributed by atoms with Crippen molar-refractivity contribution in [2.45, 2.75) is 0 Å². The minimum absolute atomic E-state index is 0.0649. The van der Waals surface area contributed by atoms with Gasteiger partial charge in [-0.1, -0.05) is 11.6 Å². The highest BCUT2D eigenvalue weighted by Crippen LogP contribution is 2.20. The van der Waals surface area contributed by atoms with Crippen LogP contribution in [0.25, 0.3) is 0 Å². The van der Waals surface area contributed by atoms with E-state index >= 15 is 0 Å². The standard InChI is InChI=1S/C10H6ClNO3/c11-6-1-3-7(4-2-6)15-8-5-12-9(8)10(13)14/h1-5H,(H,13,14). The lowest BCUT2D eigenvalue weighted by molar-refractivity contribution is -0.129. The van der Waals surface area contributed by atoms with E-state index in [9.17, 15) is 4.79 Å². The first-order valence-corrected chi connectivity index (χ1v) is 4.49. The Morgan fingerprint density at radius 1 is 1.33 bits per heavy atom. The molecule has 1 heterocycles. The molecule has 0 radical (unpaired) electrons. The van der Waals surface area contributed by atoms with E-state index in [0.29, 0.717) is 10.8 Å². The van der Waals surface area contributed by atoms with Gasteiger partial charge in [-0.2, -0.15) is 0 Å². The molecule has 0 saturated heterocycles. The number of carboxylic acids is 1. The first-order valence-electron chi connectivity index (χ1n) is 4.12. The molecule has 5 heteroatoms. The molecule has 1 aromatic carbocycles. The smallest absolute Gasteiger partial charge is 0.358 e. The molecule has 0 spiro atoms. The number of halogens is 1. The Balaban J connectivity index is 2.05. The van der Waals surface area contributed by atoms with Crippen molar-refractivity contribution < 1.29 is 14.6 Å². The fourth-order valence-electron chi connectivity index (χ4n) is 1.05. The predicted molar refractivity (Wildman–Crippen MR) is 55.2 cm³/mol. The van der Waals surface area contributed by atoms with Crippen LogP contribution in [0.15, 0.2) is 41.2 Å². The number of carbonyl (C=O) groups is 1. The summed E-state index contributed by atoms with van der Waals surface area (Å²) >= 11 is 5.69. The molecule has 0 bridgehead atoms. The van der Waals surface area contributed by atoms with E-state index in [-0.39, 0.29) is 11.5 Å². The molecule has 2 rings (SSSR count). The third-order valence-electron chi connectivity index (χ3n) is 1.79. The second kappa shape index (κ2) is 3.74. The summed E-state index contributed by atoms with van der Waals surface area (Å²) in [6.45, 7) is 0. The van der Waals surface area contributed by atoms with Crippen molar-refractivity contribution in [1.82, 2.24) is 0 Å². The quantitative estimate of drug-likeness (QED) is 0.854. The summed E-state index contributed by atoms with van der Waals surface area (Å²) < 4.78 is 5.27. The Bertz CT molecular complexity index is 462. The topological polar surface area (TPSA) is 58.9 Å². The molecule has 1 aliphatic rings. The average molecular weight is 224 g/mol. The van der Waals surface area contributed by atoms with Crippen molar-refractivity contribution in [3.63, 3.8) is 0 Å². The van der Waals surface area contributed by atoms with Gasteiger partial charge in [0.2, 0.25) is 0 Å². The molecule has 0 aromatic heterocycles. The van der Waals surface area contributed by atoms with Crippen LogP contribution in [-0.4, -0.2) is 16.8 Å². The van der Waals surface area contributed by atoms with Crippen molar-refractivity contribution in [2.75, 3.05) is 0 Å². The van der Waals surface area contributed by atoms with Gasteiger partial charge in [-0.15, -0.1) is 0 Å². The Labute approximate surface area is 90.5 Å². The van der Waals surface area contributed by atoms with Gasteiger partial charge in [0.1, 0.15) is 5.75 Å². The van der Waals surface area contributed by atoms with E-state index in [2.05, 4.69) is 4.99 Å². The van der Waals surface area contributed by atoms with Gasteiger partial charge in [0.25, 0.3) is 0 Å². The largest absolute Gasteiger partial charge is 0.476 e. The van der Waals surface area contributed by atoms with Crippen LogP contribution in [0.1, 0.15) is 0 Å². The molecule has 0 saturated carbocycles. The average Bonchev–Trinajstić information content (AvgIpc) is 2.14. The van der Waals surface area contributed by atoms with Crippen LogP contribution in [0.2, 0.25) is 5.02 Å². The third-order valence-corrected chi connectivity index (χ3v) is 2.04. The van der Waals surface area contributed by atoms with E-state index in [1.165, 1.54) is 6.20 Å². The van der Waals surface area contributed by atoms with Gasteiger partial charge in [-0.05, 0) is 24.3 Å². The number of rotatable bonds is 3. The highest BCUT2D eigenvalue weighted by atomic mass is 35.5. The van der Waals surface area contributed by atoms with Crippen molar-refractivity contribution in [2.24, 2.45) is 4.99 Å². The van der Waals surface area contributed by atoms with Gasteiger partial charge >= 0.3 is 5.97 Å². The van der Waals surface area contributed by atoms with E-state index in [4.69, 9.17) is 21.4 Å². The second-order valence-electron chi connectivity index (χ2n) is 2.83. The summed E-state index contributed by atoms with van der Waals surface area (Å²) in [5.74, 6) is -0.314. The fraction of sp³-hybridized carbons (Fsp3) is 0. The minimum Gasteiger partial charge on any atom is -0.476 e. The first-order chi connectivity index (χ1) is 7.16. The molecule has 0 aliphatic carbocycles. The van der Waals surface area contributed by atoms with Crippen molar-refractivity contribution in [3.8, 4) is 5.75 Å². The van der Waals surface area contributed by atoms with E-state index in [0.717, 1.165) is 0 Å². The van der Waals surface area contributed by atoms with Crippen LogP contribution < -0.4 is 4.74 Å². The molecule has 0 unspecified atom stereocenters. The second-order valence-corrected chi connectivity index (χ2v) is 3.27. The summed E-state index contributed by atoms with van der Waals surface area (Å²) in [6.07, 6.45) is 1.36.